The Balaban J connectivity index is 1.62. The van der Waals surface area contributed by atoms with E-state index < -0.39 is 10.0 Å². The number of anilines is 1. The first kappa shape index (κ1) is 20.3. The van der Waals surface area contributed by atoms with Crippen molar-refractivity contribution in [3.8, 4) is 0 Å². The van der Waals surface area contributed by atoms with Gasteiger partial charge in [-0.05, 0) is 43.3 Å². The van der Waals surface area contributed by atoms with E-state index in [2.05, 4.69) is 5.32 Å². The van der Waals surface area contributed by atoms with Crippen LogP contribution in [0.15, 0.2) is 53.4 Å². The predicted molar refractivity (Wildman–Crippen MR) is 107 cm³/mol. The van der Waals surface area contributed by atoms with E-state index in [1.807, 2.05) is 0 Å². The average molecular weight is 422 g/mol. The Morgan fingerprint density at radius 3 is 2.25 bits per heavy atom. The van der Waals surface area contributed by atoms with Crippen LogP contribution in [0.3, 0.4) is 0 Å². The zero-order valence-corrected chi connectivity index (χ0v) is 16.8. The van der Waals surface area contributed by atoms with Gasteiger partial charge in [0.1, 0.15) is 0 Å². The lowest BCUT2D eigenvalue weighted by Crippen LogP contribution is -2.51. The normalized spacial score (nSPS) is 15.3. The number of nitrogens with zero attached hydrogens (tertiary/aromatic N) is 2. The van der Waals surface area contributed by atoms with Gasteiger partial charge < -0.3 is 10.2 Å². The molecule has 148 valence electrons. The third-order valence-corrected chi connectivity index (χ3v) is 6.66. The smallest absolute Gasteiger partial charge is 0.321 e. The molecule has 0 radical (unpaired) electrons. The SMILES string of the molecule is CC(=O)c1cccc(NC(=O)N2CCN(S(=O)(=O)c3ccc(Cl)cc3)CC2)c1. The maximum Gasteiger partial charge on any atom is 0.321 e. The Morgan fingerprint density at radius 2 is 1.64 bits per heavy atom. The molecule has 0 bridgehead atoms. The van der Waals surface area contributed by atoms with Gasteiger partial charge in [0.15, 0.2) is 5.78 Å². The highest BCUT2D eigenvalue weighted by atomic mass is 35.5. The van der Waals surface area contributed by atoms with E-state index in [1.54, 1.807) is 29.2 Å². The fourth-order valence-corrected chi connectivity index (χ4v) is 4.45. The van der Waals surface area contributed by atoms with Gasteiger partial charge in [-0.1, -0.05) is 23.7 Å². The van der Waals surface area contributed by atoms with Gasteiger partial charge in [-0.25, -0.2) is 13.2 Å². The molecule has 9 heteroatoms. The van der Waals surface area contributed by atoms with Crippen LogP contribution in [0.25, 0.3) is 0 Å². The van der Waals surface area contributed by atoms with Crippen molar-refractivity contribution in [1.82, 2.24) is 9.21 Å². The molecule has 0 saturated carbocycles. The van der Waals surface area contributed by atoms with Crippen LogP contribution in [0.1, 0.15) is 17.3 Å². The summed E-state index contributed by atoms with van der Waals surface area (Å²) in [6.07, 6.45) is 0. The third-order valence-electron chi connectivity index (χ3n) is 4.50. The first-order valence-electron chi connectivity index (χ1n) is 8.70. The maximum atomic E-state index is 12.7. The van der Waals surface area contributed by atoms with E-state index in [0.717, 1.165) is 0 Å². The van der Waals surface area contributed by atoms with Crippen molar-refractivity contribution in [2.45, 2.75) is 11.8 Å². The van der Waals surface area contributed by atoms with Gasteiger partial charge in [-0.15, -0.1) is 0 Å². The van der Waals surface area contributed by atoms with Crippen molar-refractivity contribution in [2.24, 2.45) is 0 Å². The van der Waals surface area contributed by atoms with Crippen LogP contribution in [-0.2, 0) is 10.0 Å². The van der Waals surface area contributed by atoms with Crippen molar-refractivity contribution in [1.29, 1.82) is 0 Å². The molecule has 0 spiro atoms. The number of nitrogens with one attached hydrogen (secondary N) is 1. The van der Waals surface area contributed by atoms with E-state index in [1.165, 1.54) is 35.5 Å². The van der Waals surface area contributed by atoms with Gasteiger partial charge in [0.25, 0.3) is 0 Å². The number of hydrogen-bond donors (Lipinski definition) is 1. The summed E-state index contributed by atoms with van der Waals surface area (Å²) in [6, 6.07) is 12.4. The Labute approximate surface area is 168 Å². The zero-order valence-electron chi connectivity index (χ0n) is 15.3. The first-order valence-corrected chi connectivity index (χ1v) is 10.5. The van der Waals surface area contributed by atoms with Gasteiger partial charge in [-0.2, -0.15) is 4.31 Å². The van der Waals surface area contributed by atoms with Crippen molar-refractivity contribution in [3.05, 3.63) is 59.1 Å². The fraction of sp³-hybridized carbons (Fsp3) is 0.263. The highest BCUT2D eigenvalue weighted by molar-refractivity contribution is 7.89. The van der Waals surface area contributed by atoms with Gasteiger partial charge in [0.05, 0.1) is 4.90 Å². The largest absolute Gasteiger partial charge is 0.322 e. The summed E-state index contributed by atoms with van der Waals surface area (Å²) in [5.41, 5.74) is 1.03. The van der Waals surface area contributed by atoms with Crippen LogP contribution in [0.5, 0.6) is 0 Å². The average Bonchev–Trinajstić information content (AvgIpc) is 2.68. The number of hydrogen-bond acceptors (Lipinski definition) is 4. The maximum absolute atomic E-state index is 12.7. The fourth-order valence-electron chi connectivity index (χ4n) is 2.91. The molecule has 28 heavy (non-hydrogen) atoms. The summed E-state index contributed by atoms with van der Waals surface area (Å²) in [7, 11) is -3.62. The summed E-state index contributed by atoms with van der Waals surface area (Å²) in [5.74, 6) is -0.0860. The summed E-state index contributed by atoms with van der Waals surface area (Å²) < 4.78 is 26.8. The number of halogens is 1. The van der Waals surface area contributed by atoms with E-state index in [9.17, 15) is 18.0 Å². The number of carbonyl (C=O) groups is 2. The van der Waals surface area contributed by atoms with Crippen molar-refractivity contribution in [2.75, 3.05) is 31.5 Å². The molecule has 1 fully saturated rings. The van der Waals surface area contributed by atoms with E-state index in [0.29, 0.717) is 16.3 Å². The molecule has 1 N–H and O–H groups in total. The molecule has 1 aliphatic heterocycles. The Kier molecular flexibility index (Phi) is 6.02. The van der Waals surface area contributed by atoms with E-state index in [4.69, 9.17) is 11.6 Å². The Morgan fingerprint density at radius 1 is 1.00 bits per heavy atom. The number of carbonyl (C=O) groups excluding carboxylic acids is 2. The van der Waals surface area contributed by atoms with Gasteiger partial charge in [0.2, 0.25) is 10.0 Å². The number of urea groups is 1. The number of ketones is 1. The third kappa shape index (κ3) is 4.52. The molecule has 7 nitrogen and oxygen atoms in total. The van der Waals surface area contributed by atoms with Crippen LogP contribution >= 0.6 is 11.6 Å². The molecular weight excluding hydrogens is 402 g/mol. The molecule has 0 unspecified atom stereocenters. The molecule has 0 aliphatic carbocycles. The molecule has 1 heterocycles. The topological polar surface area (TPSA) is 86.8 Å². The monoisotopic (exact) mass is 421 g/mol. The number of Topliss-reactive ketones (excluding diaryl/α,β-unsaturated/α-hetero) is 1. The summed E-state index contributed by atoms with van der Waals surface area (Å²) in [6.45, 7) is 2.40. The molecule has 0 atom stereocenters. The molecule has 2 aromatic carbocycles. The summed E-state index contributed by atoms with van der Waals surface area (Å²) in [4.78, 5) is 25.6. The van der Waals surface area contributed by atoms with Crippen LogP contribution in [0, 0.1) is 0 Å². The number of amides is 2. The van der Waals surface area contributed by atoms with E-state index >= 15 is 0 Å². The minimum atomic E-state index is -3.62. The van der Waals surface area contributed by atoms with Gasteiger partial charge in [-0.3, -0.25) is 4.79 Å². The number of rotatable bonds is 4. The lowest BCUT2D eigenvalue weighted by molar-refractivity contribution is 0.101. The molecule has 1 aliphatic rings. The molecule has 2 aromatic rings. The minimum absolute atomic E-state index is 0.0860. The van der Waals surface area contributed by atoms with Crippen molar-refractivity contribution < 1.29 is 18.0 Å². The number of benzene rings is 2. The van der Waals surface area contributed by atoms with Crippen LogP contribution in [0.2, 0.25) is 5.02 Å². The summed E-state index contributed by atoms with van der Waals surface area (Å²) in [5, 5.41) is 3.22. The molecule has 0 aromatic heterocycles. The van der Waals surface area contributed by atoms with Crippen LogP contribution in [0.4, 0.5) is 10.5 Å². The second kappa shape index (κ2) is 8.30. The van der Waals surface area contributed by atoms with Crippen LogP contribution < -0.4 is 5.32 Å². The van der Waals surface area contributed by atoms with Crippen molar-refractivity contribution >= 4 is 39.1 Å². The zero-order chi connectivity index (χ0) is 20.3. The van der Waals surface area contributed by atoms with E-state index in [-0.39, 0.29) is 42.9 Å². The second-order valence-electron chi connectivity index (χ2n) is 6.41. The highest BCUT2D eigenvalue weighted by Crippen LogP contribution is 2.20. The molecule has 1 saturated heterocycles. The van der Waals surface area contributed by atoms with Gasteiger partial charge in [0, 0.05) is 42.5 Å². The molecular formula is C19H20ClN3O4S. The highest BCUT2D eigenvalue weighted by Gasteiger charge is 2.30. The Hall–Kier alpha value is -2.42. The lowest BCUT2D eigenvalue weighted by atomic mass is 10.1. The number of sulfonamides is 1. The quantitative estimate of drug-likeness (QED) is 0.768. The van der Waals surface area contributed by atoms with Gasteiger partial charge >= 0.3 is 6.03 Å². The molecule has 3 rings (SSSR count). The molecule has 2 amide bonds. The Bertz CT molecular complexity index is 984. The standard InChI is InChI=1S/C19H20ClN3O4S/c1-14(24)15-3-2-4-17(13-15)21-19(25)22-9-11-23(12-10-22)28(26,27)18-7-5-16(20)6-8-18/h2-8,13H,9-12H2,1H3,(H,21,25). The number of piperazine rings is 1. The van der Waals surface area contributed by atoms with Crippen LogP contribution in [-0.4, -0.2) is 55.6 Å². The van der Waals surface area contributed by atoms with Crippen molar-refractivity contribution in [3.63, 3.8) is 0 Å². The minimum Gasteiger partial charge on any atom is -0.322 e. The lowest BCUT2D eigenvalue weighted by Gasteiger charge is -2.34. The second-order valence-corrected chi connectivity index (χ2v) is 8.79. The summed E-state index contributed by atoms with van der Waals surface area (Å²) >= 11 is 5.82. The predicted octanol–water partition coefficient (Wildman–Crippen LogP) is 3.08. The first-order chi connectivity index (χ1) is 13.3.